The van der Waals surface area contributed by atoms with Gasteiger partial charge in [0.15, 0.2) is 0 Å². The number of hydrogen-bond acceptors (Lipinski definition) is 4. The van der Waals surface area contributed by atoms with Crippen LogP contribution in [0, 0.1) is 27.9 Å². The molecule has 1 atom stereocenters. The van der Waals surface area contributed by atoms with Crippen LogP contribution in [0.15, 0.2) is 12.1 Å². The molecule has 1 aromatic carbocycles. The van der Waals surface area contributed by atoms with Crippen LogP contribution in [0.25, 0.3) is 0 Å². The Labute approximate surface area is 221 Å². The number of nitro benzene ring substituents is 1. The van der Waals surface area contributed by atoms with Crippen molar-refractivity contribution in [3.63, 3.8) is 0 Å². The van der Waals surface area contributed by atoms with Crippen LogP contribution in [0.1, 0.15) is 148 Å². The monoisotopic (exact) mass is 499 g/mol. The normalized spacial score (nSPS) is 11.7. The molecule has 0 fully saturated rings. The number of unbranched alkanes of at least 4 members (excludes halogenated alkanes) is 16. The Bertz CT molecular complexity index is 782. The minimum atomic E-state index is -0.487. The third-order valence-corrected chi connectivity index (χ3v) is 7.12. The fourth-order valence-electron chi connectivity index (χ4n) is 4.76. The lowest BCUT2D eigenvalue weighted by Gasteiger charge is -2.11. The number of hydrogen-bond donors (Lipinski definition) is 2. The summed E-state index contributed by atoms with van der Waals surface area (Å²) in [4.78, 5) is 10.8. The summed E-state index contributed by atoms with van der Waals surface area (Å²) in [6.07, 6.45) is 26.0. The molecule has 0 aliphatic rings. The first-order valence-corrected chi connectivity index (χ1v) is 14.8. The second kappa shape index (κ2) is 20.9. The van der Waals surface area contributed by atoms with Crippen LogP contribution in [-0.2, 0) is 0 Å². The number of nitro groups is 1. The molecule has 0 aliphatic heterocycles. The van der Waals surface area contributed by atoms with Gasteiger partial charge in [-0.1, -0.05) is 141 Å². The van der Waals surface area contributed by atoms with Crippen LogP contribution < -0.4 is 11.5 Å². The molecular formula is C31H53N3O2. The lowest BCUT2D eigenvalue weighted by Crippen LogP contribution is -2.02. The molecule has 36 heavy (non-hydrogen) atoms. The van der Waals surface area contributed by atoms with Gasteiger partial charge in [0.05, 0.1) is 10.6 Å². The maximum absolute atomic E-state index is 11.3. The zero-order chi connectivity index (χ0) is 26.4. The summed E-state index contributed by atoms with van der Waals surface area (Å²) in [5.74, 6) is 6.94. The summed E-state index contributed by atoms with van der Waals surface area (Å²) in [5.41, 5.74) is 12.3. The zero-order valence-corrected chi connectivity index (χ0v) is 23.3. The van der Waals surface area contributed by atoms with Crippen molar-refractivity contribution in [2.24, 2.45) is 5.92 Å². The number of nitrogens with two attached hydrogens (primary N) is 2. The van der Waals surface area contributed by atoms with E-state index in [9.17, 15) is 10.1 Å². The smallest absolute Gasteiger partial charge is 0.295 e. The van der Waals surface area contributed by atoms with Crippen molar-refractivity contribution >= 4 is 17.1 Å². The summed E-state index contributed by atoms with van der Waals surface area (Å²) in [7, 11) is 0. The average Bonchev–Trinajstić information content (AvgIpc) is 2.86. The van der Waals surface area contributed by atoms with Gasteiger partial charge in [0, 0.05) is 17.5 Å². The Balaban J connectivity index is 2.54. The standard InChI is InChI=1S/C31H53N3O2/c1-3-5-7-9-11-13-14-16-18-20-22-27(21-19-17-15-12-10-8-6-4-2)23-24-28-25-29(32)31(33)30(26-28)34(35)36/h25-27H,3-22,32-33H2,1-2H3. The van der Waals surface area contributed by atoms with Crippen molar-refractivity contribution in [3.8, 4) is 11.8 Å². The summed E-state index contributed by atoms with van der Waals surface area (Å²) in [6, 6.07) is 3.11. The summed E-state index contributed by atoms with van der Waals surface area (Å²) in [6.45, 7) is 4.52. The maximum Gasteiger partial charge on any atom is 0.295 e. The van der Waals surface area contributed by atoms with E-state index in [-0.39, 0.29) is 17.1 Å². The highest BCUT2D eigenvalue weighted by Gasteiger charge is 2.15. The minimum absolute atomic E-state index is 0.0198. The van der Waals surface area contributed by atoms with E-state index < -0.39 is 4.92 Å². The van der Waals surface area contributed by atoms with E-state index in [1.54, 1.807) is 6.07 Å². The van der Waals surface area contributed by atoms with Gasteiger partial charge in [-0.05, 0) is 18.9 Å². The molecule has 1 unspecified atom stereocenters. The summed E-state index contributed by atoms with van der Waals surface area (Å²) < 4.78 is 0. The first-order chi connectivity index (χ1) is 17.5. The van der Waals surface area contributed by atoms with E-state index >= 15 is 0 Å². The molecule has 5 nitrogen and oxygen atoms in total. The topological polar surface area (TPSA) is 95.2 Å². The highest BCUT2D eigenvalue weighted by atomic mass is 16.6. The molecular weight excluding hydrogens is 446 g/mol. The van der Waals surface area contributed by atoms with Gasteiger partial charge in [-0.15, -0.1) is 0 Å². The number of benzene rings is 1. The van der Waals surface area contributed by atoms with Gasteiger partial charge in [0.25, 0.3) is 5.69 Å². The molecule has 0 bridgehead atoms. The van der Waals surface area contributed by atoms with Gasteiger partial charge >= 0.3 is 0 Å². The molecule has 0 saturated carbocycles. The van der Waals surface area contributed by atoms with Gasteiger partial charge < -0.3 is 11.5 Å². The number of nitrogens with zero attached hydrogens (tertiary/aromatic N) is 1. The Morgan fingerprint density at radius 2 is 1.14 bits per heavy atom. The molecule has 5 heteroatoms. The quantitative estimate of drug-likeness (QED) is 0.0578. The van der Waals surface area contributed by atoms with E-state index in [1.807, 2.05) is 0 Å². The van der Waals surface area contributed by atoms with Gasteiger partial charge in [-0.25, -0.2) is 0 Å². The van der Waals surface area contributed by atoms with E-state index in [2.05, 4.69) is 25.7 Å². The van der Waals surface area contributed by atoms with Crippen molar-refractivity contribution in [2.75, 3.05) is 11.5 Å². The van der Waals surface area contributed by atoms with Gasteiger partial charge in [-0.3, -0.25) is 10.1 Å². The fourth-order valence-corrected chi connectivity index (χ4v) is 4.76. The van der Waals surface area contributed by atoms with Gasteiger partial charge in [-0.2, -0.15) is 0 Å². The first-order valence-electron chi connectivity index (χ1n) is 14.8. The number of nitrogen functional groups attached to an aromatic ring is 2. The van der Waals surface area contributed by atoms with E-state index in [4.69, 9.17) is 11.5 Å². The third kappa shape index (κ3) is 15.0. The van der Waals surface area contributed by atoms with E-state index in [0.717, 1.165) is 12.8 Å². The predicted molar refractivity (Wildman–Crippen MR) is 156 cm³/mol. The largest absolute Gasteiger partial charge is 0.397 e. The molecule has 0 saturated heterocycles. The average molecular weight is 500 g/mol. The maximum atomic E-state index is 11.3. The van der Waals surface area contributed by atoms with Crippen molar-refractivity contribution < 1.29 is 4.92 Å². The van der Waals surface area contributed by atoms with Crippen LogP contribution >= 0.6 is 0 Å². The van der Waals surface area contributed by atoms with Crippen molar-refractivity contribution in [3.05, 3.63) is 27.8 Å². The zero-order valence-electron chi connectivity index (χ0n) is 23.3. The SMILES string of the molecule is CCCCCCCCCCCCC(C#Cc1cc(N)c(N)c([N+](=O)[O-])c1)CCCCCCCCCC. The van der Waals surface area contributed by atoms with Crippen LogP contribution in [-0.4, -0.2) is 4.92 Å². The van der Waals surface area contributed by atoms with Crippen LogP contribution in [0.3, 0.4) is 0 Å². The van der Waals surface area contributed by atoms with Crippen molar-refractivity contribution in [2.45, 2.75) is 142 Å². The molecule has 0 spiro atoms. The van der Waals surface area contributed by atoms with Crippen LogP contribution in [0.5, 0.6) is 0 Å². The molecule has 0 amide bonds. The Hall–Kier alpha value is -2.22. The molecule has 0 aromatic heterocycles. The molecule has 0 heterocycles. The Kier molecular flexibility index (Phi) is 18.5. The Morgan fingerprint density at radius 1 is 0.722 bits per heavy atom. The number of rotatable bonds is 21. The van der Waals surface area contributed by atoms with E-state index in [0.29, 0.717) is 11.5 Å². The second-order valence-corrected chi connectivity index (χ2v) is 10.5. The lowest BCUT2D eigenvalue weighted by atomic mass is 9.94. The van der Waals surface area contributed by atoms with Crippen LogP contribution in [0.4, 0.5) is 17.1 Å². The minimum Gasteiger partial charge on any atom is -0.397 e. The van der Waals surface area contributed by atoms with Crippen LogP contribution in [0.2, 0.25) is 0 Å². The highest BCUT2D eigenvalue weighted by Crippen LogP contribution is 2.29. The van der Waals surface area contributed by atoms with E-state index in [1.165, 1.54) is 122 Å². The highest BCUT2D eigenvalue weighted by molar-refractivity contribution is 5.76. The first kappa shape index (κ1) is 31.8. The number of anilines is 2. The fraction of sp³-hybridized carbons (Fsp3) is 0.742. The van der Waals surface area contributed by atoms with Crippen molar-refractivity contribution in [1.29, 1.82) is 0 Å². The summed E-state index contributed by atoms with van der Waals surface area (Å²) in [5, 5.41) is 11.3. The molecule has 204 valence electrons. The molecule has 1 aromatic rings. The lowest BCUT2D eigenvalue weighted by molar-refractivity contribution is -0.383. The predicted octanol–water partition coefficient (Wildman–Crippen LogP) is 9.57. The summed E-state index contributed by atoms with van der Waals surface area (Å²) >= 11 is 0. The molecule has 4 N–H and O–H groups in total. The van der Waals surface area contributed by atoms with Crippen molar-refractivity contribution in [1.82, 2.24) is 0 Å². The molecule has 1 rings (SSSR count). The van der Waals surface area contributed by atoms with Gasteiger partial charge in [0.1, 0.15) is 5.69 Å². The molecule has 0 radical (unpaired) electrons. The molecule has 0 aliphatic carbocycles. The third-order valence-electron chi connectivity index (χ3n) is 7.12. The Morgan fingerprint density at radius 3 is 1.56 bits per heavy atom. The van der Waals surface area contributed by atoms with Gasteiger partial charge in [0.2, 0.25) is 0 Å². The second-order valence-electron chi connectivity index (χ2n) is 10.5.